The van der Waals surface area contributed by atoms with Crippen LogP contribution in [-0.2, 0) is 6.54 Å². The molecule has 5 nitrogen and oxygen atoms in total. The molecule has 0 aliphatic heterocycles. The van der Waals surface area contributed by atoms with Crippen LogP contribution in [0.1, 0.15) is 5.56 Å². The third-order valence-corrected chi connectivity index (χ3v) is 2.76. The summed E-state index contributed by atoms with van der Waals surface area (Å²) in [5, 5.41) is 14.4. The van der Waals surface area contributed by atoms with Crippen LogP contribution in [0.4, 0.5) is 11.4 Å². The first-order valence-electron chi connectivity index (χ1n) is 5.24. The third kappa shape index (κ3) is 2.75. The number of nitrogens with zero attached hydrogens (tertiary/aromatic N) is 2. The van der Waals surface area contributed by atoms with Crippen LogP contribution in [-0.4, -0.2) is 9.91 Å². The van der Waals surface area contributed by atoms with Gasteiger partial charge in [0.1, 0.15) is 0 Å². The Morgan fingerprint density at radius 1 is 1.33 bits per heavy atom. The van der Waals surface area contributed by atoms with E-state index < -0.39 is 4.92 Å². The standard InChI is InChI=1S/C12H10ClN3O2/c13-10-5-6-14-8-11(10)15-7-9-3-1-2-4-12(9)16(17)18/h1-6,8,15H,7H2. The van der Waals surface area contributed by atoms with Crippen molar-refractivity contribution in [1.82, 2.24) is 4.98 Å². The van der Waals surface area contributed by atoms with Crippen molar-refractivity contribution < 1.29 is 4.92 Å². The summed E-state index contributed by atoms with van der Waals surface area (Å²) in [5.74, 6) is 0. The lowest BCUT2D eigenvalue weighted by Crippen LogP contribution is -2.03. The van der Waals surface area contributed by atoms with E-state index in [9.17, 15) is 10.1 Å². The number of benzene rings is 1. The minimum Gasteiger partial charge on any atom is -0.378 e. The molecule has 0 aliphatic rings. The molecule has 0 saturated heterocycles. The summed E-state index contributed by atoms with van der Waals surface area (Å²) in [6, 6.07) is 8.23. The quantitative estimate of drug-likeness (QED) is 0.679. The number of anilines is 1. The molecule has 0 radical (unpaired) electrons. The van der Waals surface area contributed by atoms with E-state index in [0.29, 0.717) is 22.8 Å². The fourth-order valence-corrected chi connectivity index (χ4v) is 1.71. The highest BCUT2D eigenvalue weighted by atomic mass is 35.5. The van der Waals surface area contributed by atoms with Crippen molar-refractivity contribution in [3.8, 4) is 0 Å². The van der Waals surface area contributed by atoms with Gasteiger partial charge >= 0.3 is 0 Å². The summed E-state index contributed by atoms with van der Waals surface area (Å²) in [6.45, 7) is 0.322. The second-order valence-corrected chi connectivity index (χ2v) is 4.00. The molecule has 0 bridgehead atoms. The maximum Gasteiger partial charge on any atom is 0.274 e. The molecule has 1 heterocycles. The van der Waals surface area contributed by atoms with Crippen LogP contribution in [0, 0.1) is 10.1 Å². The summed E-state index contributed by atoms with van der Waals surface area (Å²) >= 11 is 5.96. The first-order chi connectivity index (χ1) is 8.68. The zero-order valence-electron chi connectivity index (χ0n) is 9.34. The van der Waals surface area contributed by atoms with Gasteiger partial charge in [0, 0.05) is 24.4 Å². The predicted octanol–water partition coefficient (Wildman–Crippen LogP) is 3.26. The summed E-state index contributed by atoms with van der Waals surface area (Å²) in [5.41, 5.74) is 1.34. The highest BCUT2D eigenvalue weighted by Gasteiger charge is 2.12. The van der Waals surface area contributed by atoms with Crippen molar-refractivity contribution in [1.29, 1.82) is 0 Å². The molecule has 2 aromatic rings. The summed E-state index contributed by atoms with van der Waals surface area (Å²) in [6.07, 6.45) is 3.16. The van der Waals surface area contributed by atoms with Gasteiger partial charge in [0.2, 0.25) is 0 Å². The maximum absolute atomic E-state index is 10.8. The van der Waals surface area contributed by atoms with Crippen molar-refractivity contribution in [2.24, 2.45) is 0 Å². The van der Waals surface area contributed by atoms with Crippen molar-refractivity contribution in [3.63, 3.8) is 0 Å². The van der Waals surface area contributed by atoms with Gasteiger partial charge in [0.05, 0.1) is 21.8 Å². The van der Waals surface area contributed by atoms with E-state index in [1.165, 1.54) is 6.07 Å². The molecule has 0 spiro atoms. The lowest BCUT2D eigenvalue weighted by atomic mass is 10.2. The number of hydrogen-bond acceptors (Lipinski definition) is 4. The average Bonchev–Trinajstić information content (AvgIpc) is 2.38. The zero-order valence-corrected chi connectivity index (χ0v) is 10.1. The Morgan fingerprint density at radius 3 is 2.83 bits per heavy atom. The molecular weight excluding hydrogens is 254 g/mol. The van der Waals surface area contributed by atoms with Crippen LogP contribution in [0.15, 0.2) is 42.7 Å². The van der Waals surface area contributed by atoms with Crippen molar-refractivity contribution >= 4 is 23.0 Å². The molecule has 0 saturated carbocycles. The van der Waals surface area contributed by atoms with E-state index in [4.69, 9.17) is 11.6 Å². The fourth-order valence-electron chi connectivity index (χ4n) is 1.54. The number of para-hydroxylation sites is 1. The Balaban J connectivity index is 2.16. The minimum atomic E-state index is -0.401. The fraction of sp³-hybridized carbons (Fsp3) is 0.0833. The SMILES string of the molecule is O=[N+]([O-])c1ccccc1CNc1cnccc1Cl. The van der Waals surface area contributed by atoms with Gasteiger partial charge in [-0.1, -0.05) is 29.8 Å². The minimum absolute atomic E-state index is 0.0880. The van der Waals surface area contributed by atoms with Gasteiger partial charge in [-0.15, -0.1) is 0 Å². The lowest BCUT2D eigenvalue weighted by Gasteiger charge is -2.07. The number of nitro groups is 1. The van der Waals surface area contributed by atoms with Crippen LogP contribution in [0.3, 0.4) is 0 Å². The maximum atomic E-state index is 10.8. The predicted molar refractivity (Wildman–Crippen MR) is 69.7 cm³/mol. The highest BCUT2D eigenvalue weighted by molar-refractivity contribution is 6.33. The van der Waals surface area contributed by atoms with Crippen LogP contribution < -0.4 is 5.32 Å². The van der Waals surface area contributed by atoms with Crippen LogP contribution in [0.25, 0.3) is 0 Å². The second-order valence-electron chi connectivity index (χ2n) is 3.59. The highest BCUT2D eigenvalue weighted by Crippen LogP contribution is 2.22. The van der Waals surface area contributed by atoms with Gasteiger partial charge in [-0.2, -0.15) is 0 Å². The molecule has 6 heteroatoms. The van der Waals surface area contributed by atoms with Crippen molar-refractivity contribution in [3.05, 3.63) is 63.4 Å². The van der Waals surface area contributed by atoms with Crippen molar-refractivity contribution in [2.75, 3.05) is 5.32 Å². The van der Waals surface area contributed by atoms with E-state index in [1.54, 1.807) is 36.7 Å². The van der Waals surface area contributed by atoms with E-state index in [1.807, 2.05) is 0 Å². The number of rotatable bonds is 4. The average molecular weight is 264 g/mol. The van der Waals surface area contributed by atoms with Crippen LogP contribution >= 0.6 is 11.6 Å². The number of nitrogens with one attached hydrogen (secondary N) is 1. The molecule has 1 aromatic carbocycles. The van der Waals surface area contributed by atoms with Gasteiger partial charge in [-0.25, -0.2) is 0 Å². The number of pyridine rings is 1. The molecule has 0 amide bonds. The van der Waals surface area contributed by atoms with E-state index >= 15 is 0 Å². The second kappa shape index (κ2) is 5.46. The zero-order chi connectivity index (χ0) is 13.0. The van der Waals surface area contributed by atoms with Crippen LogP contribution in [0.2, 0.25) is 5.02 Å². The monoisotopic (exact) mass is 263 g/mol. The van der Waals surface area contributed by atoms with Gasteiger partial charge in [0.25, 0.3) is 5.69 Å². The number of nitro benzene ring substituents is 1. The third-order valence-electron chi connectivity index (χ3n) is 2.43. The molecular formula is C12H10ClN3O2. The largest absolute Gasteiger partial charge is 0.378 e. The molecule has 0 fully saturated rings. The topological polar surface area (TPSA) is 68.1 Å². The summed E-state index contributed by atoms with van der Waals surface area (Å²) in [7, 11) is 0. The summed E-state index contributed by atoms with van der Waals surface area (Å²) < 4.78 is 0. The number of aromatic nitrogens is 1. The molecule has 2 rings (SSSR count). The number of halogens is 1. The first-order valence-corrected chi connectivity index (χ1v) is 5.62. The molecule has 1 N–H and O–H groups in total. The normalized spacial score (nSPS) is 10.1. The van der Waals surface area contributed by atoms with Gasteiger partial charge in [-0.05, 0) is 6.07 Å². The molecule has 0 aliphatic carbocycles. The van der Waals surface area contributed by atoms with Gasteiger partial charge < -0.3 is 5.32 Å². The Bertz CT molecular complexity index is 575. The molecule has 18 heavy (non-hydrogen) atoms. The van der Waals surface area contributed by atoms with Crippen molar-refractivity contribution in [2.45, 2.75) is 6.54 Å². The summed E-state index contributed by atoms with van der Waals surface area (Å²) in [4.78, 5) is 14.4. The van der Waals surface area contributed by atoms with E-state index in [2.05, 4.69) is 10.3 Å². The van der Waals surface area contributed by atoms with Crippen LogP contribution in [0.5, 0.6) is 0 Å². The molecule has 92 valence electrons. The lowest BCUT2D eigenvalue weighted by molar-refractivity contribution is -0.385. The molecule has 1 aromatic heterocycles. The Hall–Kier alpha value is -2.14. The molecule has 0 unspecified atom stereocenters. The Labute approximate surface area is 109 Å². The Morgan fingerprint density at radius 2 is 2.11 bits per heavy atom. The number of hydrogen-bond donors (Lipinski definition) is 1. The first kappa shape index (κ1) is 12.3. The molecule has 0 atom stereocenters. The van der Waals surface area contributed by atoms with Gasteiger partial charge in [0.15, 0.2) is 0 Å². The smallest absolute Gasteiger partial charge is 0.274 e. The van der Waals surface area contributed by atoms with Gasteiger partial charge in [-0.3, -0.25) is 15.1 Å². The van der Waals surface area contributed by atoms with E-state index in [0.717, 1.165) is 0 Å². The van der Waals surface area contributed by atoms with E-state index in [-0.39, 0.29) is 5.69 Å². The Kier molecular flexibility index (Phi) is 3.74.